The van der Waals surface area contributed by atoms with E-state index >= 15 is 0 Å². The van der Waals surface area contributed by atoms with E-state index in [9.17, 15) is 10.1 Å². The summed E-state index contributed by atoms with van der Waals surface area (Å²) in [6.45, 7) is 3.78. The largest absolute Gasteiger partial charge is 0.297 e. The summed E-state index contributed by atoms with van der Waals surface area (Å²) in [7, 11) is 0. The number of Topliss-reactive ketones (excluding diaryl/α,β-unsaturated/α-hetero) is 1. The Kier molecular flexibility index (Phi) is 3.12. The predicted molar refractivity (Wildman–Crippen MR) is 66.8 cm³/mol. The van der Waals surface area contributed by atoms with Crippen LogP contribution in [0.15, 0.2) is 12.3 Å². The zero-order valence-electron chi connectivity index (χ0n) is 10.4. The highest BCUT2D eigenvalue weighted by molar-refractivity contribution is 6.28. The molecule has 0 amide bonds. The summed E-state index contributed by atoms with van der Waals surface area (Å²) in [5, 5.41) is 9.55. The Labute approximate surface area is 111 Å². The molecular formula is C13H14ClN3O. The summed E-state index contributed by atoms with van der Waals surface area (Å²) < 4.78 is 0. The Morgan fingerprint density at radius 3 is 2.72 bits per heavy atom. The lowest BCUT2D eigenvalue weighted by Crippen LogP contribution is -2.33. The van der Waals surface area contributed by atoms with E-state index in [0.717, 1.165) is 6.42 Å². The van der Waals surface area contributed by atoms with Crippen molar-refractivity contribution >= 4 is 17.4 Å². The SMILES string of the molecule is CC1(C)CCC(C#N)(Cc2ccnc(Cl)n2)C1=O. The van der Waals surface area contributed by atoms with Crippen LogP contribution < -0.4 is 0 Å². The lowest BCUT2D eigenvalue weighted by atomic mass is 9.78. The fraction of sp³-hybridized carbons (Fsp3) is 0.538. The van der Waals surface area contributed by atoms with Gasteiger partial charge >= 0.3 is 0 Å². The molecule has 0 radical (unpaired) electrons. The first-order chi connectivity index (χ1) is 8.39. The van der Waals surface area contributed by atoms with Gasteiger partial charge in [0.1, 0.15) is 5.41 Å². The maximum atomic E-state index is 12.4. The van der Waals surface area contributed by atoms with E-state index in [0.29, 0.717) is 18.5 Å². The molecule has 0 spiro atoms. The van der Waals surface area contributed by atoms with Gasteiger partial charge in [0.15, 0.2) is 5.78 Å². The topological polar surface area (TPSA) is 66.6 Å². The highest BCUT2D eigenvalue weighted by Gasteiger charge is 2.52. The van der Waals surface area contributed by atoms with Crippen LogP contribution in [-0.4, -0.2) is 15.8 Å². The number of aromatic nitrogens is 2. The normalized spacial score (nSPS) is 26.0. The standard InChI is InChI=1S/C13H14ClN3O/c1-12(2)4-5-13(8-15,10(12)18)7-9-3-6-16-11(14)17-9/h3,6H,4-5,7H2,1-2H3. The number of hydrogen-bond donors (Lipinski definition) is 0. The summed E-state index contributed by atoms with van der Waals surface area (Å²) in [4.78, 5) is 20.2. The molecule has 1 aromatic rings. The van der Waals surface area contributed by atoms with Crippen LogP contribution in [0.2, 0.25) is 5.28 Å². The quantitative estimate of drug-likeness (QED) is 0.769. The molecule has 1 aliphatic rings. The smallest absolute Gasteiger partial charge is 0.222 e. The zero-order valence-corrected chi connectivity index (χ0v) is 11.2. The minimum Gasteiger partial charge on any atom is -0.297 e. The van der Waals surface area contributed by atoms with Crippen molar-refractivity contribution in [3.63, 3.8) is 0 Å². The van der Waals surface area contributed by atoms with Crippen LogP contribution in [0, 0.1) is 22.2 Å². The van der Waals surface area contributed by atoms with Crippen LogP contribution in [0.25, 0.3) is 0 Å². The molecule has 1 saturated carbocycles. The molecule has 0 saturated heterocycles. The maximum absolute atomic E-state index is 12.4. The van der Waals surface area contributed by atoms with Gasteiger partial charge in [-0.1, -0.05) is 13.8 Å². The van der Waals surface area contributed by atoms with Crippen molar-refractivity contribution in [2.45, 2.75) is 33.1 Å². The van der Waals surface area contributed by atoms with Crippen LogP contribution in [0.5, 0.6) is 0 Å². The van der Waals surface area contributed by atoms with Crippen molar-refractivity contribution in [2.75, 3.05) is 0 Å². The minimum atomic E-state index is -0.957. The Bertz CT molecular complexity index is 535. The molecule has 1 unspecified atom stereocenters. The molecule has 18 heavy (non-hydrogen) atoms. The number of hydrogen-bond acceptors (Lipinski definition) is 4. The van der Waals surface area contributed by atoms with Gasteiger partial charge in [0, 0.05) is 23.7 Å². The zero-order chi connectivity index (χ0) is 13.4. The summed E-state index contributed by atoms with van der Waals surface area (Å²) in [6, 6.07) is 3.90. The number of rotatable bonds is 2. The number of nitrogens with zero attached hydrogens (tertiary/aromatic N) is 3. The molecule has 4 nitrogen and oxygen atoms in total. The van der Waals surface area contributed by atoms with Gasteiger partial charge in [0.2, 0.25) is 5.28 Å². The van der Waals surface area contributed by atoms with Gasteiger partial charge in [0.25, 0.3) is 0 Å². The molecule has 1 heterocycles. The van der Waals surface area contributed by atoms with Gasteiger partial charge in [-0.2, -0.15) is 5.26 Å². The predicted octanol–water partition coefficient (Wildman–Crippen LogP) is 2.57. The lowest BCUT2D eigenvalue weighted by Gasteiger charge is -2.21. The van der Waals surface area contributed by atoms with Crippen LogP contribution in [-0.2, 0) is 11.2 Å². The van der Waals surface area contributed by atoms with E-state index in [1.54, 1.807) is 12.3 Å². The number of ketones is 1. The lowest BCUT2D eigenvalue weighted by molar-refractivity contribution is -0.130. The van der Waals surface area contributed by atoms with Crippen molar-refractivity contribution in [1.29, 1.82) is 5.26 Å². The molecule has 1 fully saturated rings. The van der Waals surface area contributed by atoms with Gasteiger partial charge in [-0.05, 0) is 30.5 Å². The molecule has 1 aliphatic carbocycles. The molecule has 5 heteroatoms. The summed E-state index contributed by atoms with van der Waals surface area (Å²) in [5.41, 5.74) is -0.740. The average Bonchev–Trinajstić information content (AvgIpc) is 2.54. The number of carbonyl (C=O) groups excluding carboxylic acids is 1. The number of nitriles is 1. The third-order valence-corrected chi connectivity index (χ3v) is 3.79. The molecular weight excluding hydrogens is 250 g/mol. The Morgan fingerprint density at radius 2 is 2.22 bits per heavy atom. The van der Waals surface area contributed by atoms with Crippen molar-refractivity contribution in [1.82, 2.24) is 9.97 Å². The van der Waals surface area contributed by atoms with Crippen molar-refractivity contribution in [3.8, 4) is 6.07 Å². The Morgan fingerprint density at radius 1 is 1.50 bits per heavy atom. The van der Waals surface area contributed by atoms with E-state index < -0.39 is 10.8 Å². The summed E-state index contributed by atoms with van der Waals surface area (Å²) in [6.07, 6.45) is 3.17. The van der Waals surface area contributed by atoms with Crippen molar-refractivity contribution in [3.05, 3.63) is 23.2 Å². The highest BCUT2D eigenvalue weighted by atomic mass is 35.5. The first-order valence-electron chi connectivity index (χ1n) is 5.83. The maximum Gasteiger partial charge on any atom is 0.222 e. The van der Waals surface area contributed by atoms with Gasteiger partial charge in [-0.3, -0.25) is 4.79 Å². The van der Waals surface area contributed by atoms with E-state index in [4.69, 9.17) is 11.6 Å². The van der Waals surface area contributed by atoms with Crippen LogP contribution >= 0.6 is 11.6 Å². The van der Waals surface area contributed by atoms with Gasteiger partial charge in [-0.15, -0.1) is 0 Å². The summed E-state index contributed by atoms with van der Waals surface area (Å²) >= 11 is 5.72. The second-order valence-corrected chi connectivity index (χ2v) is 5.74. The first kappa shape index (κ1) is 13.0. The van der Waals surface area contributed by atoms with Crippen LogP contribution in [0.3, 0.4) is 0 Å². The molecule has 0 aromatic carbocycles. The van der Waals surface area contributed by atoms with E-state index in [1.165, 1.54) is 0 Å². The van der Waals surface area contributed by atoms with Gasteiger partial charge in [-0.25, -0.2) is 9.97 Å². The molecule has 0 bridgehead atoms. The molecule has 1 aromatic heterocycles. The molecule has 2 rings (SSSR count). The Hall–Kier alpha value is -1.47. The minimum absolute atomic E-state index is 0.00670. The van der Waals surface area contributed by atoms with Gasteiger partial charge in [0.05, 0.1) is 6.07 Å². The monoisotopic (exact) mass is 263 g/mol. The van der Waals surface area contributed by atoms with E-state index in [-0.39, 0.29) is 11.1 Å². The third kappa shape index (κ3) is 2.11. The average molecular weight is 264 g/mol. The molecule has 94 valence electrons. The van der Waals surface area contributed by atoms with Crippen LogP contribution in [0.1, 0.15) is 32.4 Å². The highest BCUT2D eigenvalue weighted by Crippen LogP contribution is 2.47. The Balaban J connectivity index is 2.32. The fourth-order valence-electron chi connectivity index (χ4n) is 2.49. The van der Waals surface area contributed by atoms with Crippen LogP contribution in [0.4, 0.5) is 0 Å². The van der Waals surface area contributed by atoms with Crippen molar-refractivity contribution < 1.29 is 4.79 Å². The first-order valence-corrected chi connectivity index (χ1v) is 6.21. The van der Waals surface area contributed by atoms with Crippen molar-refractivity contribution in [2.24, 2.45) is 10.8 Å². The second-order valence-electron chi connectivity index (χ2n) is 5.40. The third-order valence-electron chi connectivity index (χ3n) is 3.61. The van der Waals surface area contributed by atoms with E-state index in [2.05, 4.69) is 16.0 Å². The second kappa shape index (κ2) is 4.33. The van der Waals surface area contributed by atoms with Gasteiger partial charge < -0.3 is 0 Å². The molecule has 0 N–H and O–H groups in total. The van der Waals surface area contributed by atoms with E-state index in [1.807, 2.05) is 13.8 Å². The fourth-order valence-corrected chi connectivity index (χ4v) is 2.66. The molecule has 0 aliphatic heterocycles. The number of halogens is 1. The summed E-state index contributed by atoms with van der Waals surface area (Å²) in [5.74, 6) is 0.00670. The molecule has 1 atom stereocenters. The number of carbonyl (C=O) groups is 1.